The molecule has 0 bridgehead atoms. The molecule has 1 rings (SSSR count). The fourth-order valence-corrected chi connectivity index (χ4v) is 1.27. The topological polar surface area (TPSA) is 39.2 Å². The Kier molecular flexibility index (Phi) is 3.82. The number of ether oxygens (including phenoxy) is 1. The van der Waals surface area contributed by atoms with Crippen LogP contribution in [0.1, 0.15) is 22.5 Å². The zero-order valence-electron chi connectivity index (χ0n) is 7.43. The number of pyridine rings is 1. The smallest absolute Gasteiger partial charge is 0.270 e. The van der Waals surface area contributed by atoms with Crippen molar-refractivity contribution in [3.05, 3.63) is 22.3 Å². The molecular weight excluding hydrogens is 251 g/mol. The normalized spacial score (nSPS) is 10.5. The van der Waals surface area contributed by atoms with Crippen molar-refractivity contribution >= 4 is 28.4 Å². The third kappa shape index (κ3) is 2.54. The summed E-state index contributed by atoms with van der Waals surface area (Å²) in [4.78, 5) is 14.3. The van der Waals surface area contributed by atoms with E-state index < -0.39 is 17.2 Å². The van der Waals surface area contributed by atoms with Crippen LogP contribution in [0.2, 0.25) is 5.02 Å². The van der Waals surface area contributed by atoms with E-state index in [4.69, 9.17) is 23.2 Å². The summed E-state index contributed by atoms with van der Waals surface area (Å²) in [6, 6.07) is 0.838. The number of hydrogen-bond donors (Lipinski definition) is 0. The van der Waals surface area contributed by atoms with Gasteiger partial charge in [-0.2, -0.15) is 0 Å². The van der Waals surface area contributed by atoms with Crippen LogP contribution in [0, 0.1) is 0 Å². The molecule has 0 radical (unpaired) electrons. The van der Waals surface area contributed by atoms with E-state index in [9.17, 15) is 13.6 Å². The number of carbonyl (C=O) groups excluding carboxylic acids is 1. The molecule has 1 aromatic rings. The molecule has 0 fully saturated rings. The predicted molar refractivity (Wildman–Crippen MR) is 50.9 cm³/mol. The average molecular weight is 256 g/mol. The van der Waals surface area contributed by atoms with E-state index in [0.717, 1.165) is 6.07 Å². The van der Waals surface area contributed by atoms with Crippen molar-refractivity contribution in [1.29, 1.82) is 0 Å². The molecule has 0 N–H and O–H groups in total. The number of nitrogens with zero attached hydrogens (tertiary/aromatic N) is 1. The Hall–Kier alpha value is -0.940. The maximum absolute atomic E-state index is 12.5. The van der Waals surface area contributed by atoms with Crippen molar-refractivity contribution < 1.29 is 18.3 Å². The van der Waals surface area contributed by atoms with Crippen molar-refractivity contribution in [2.24, 2.45) is 0 Å². The van der Waals surface area contributed by atoms with Crippen molar-refractivity contribution in [3.63, 3.8) is 0 Å². The maximum Gasteiger partial charge on any atom is 0.270 e. The summed E-state index contributed by atoms with van der Waals surface area (Å²) in [5, 5.41) is -1.28. The number of hydrogen-bond acceptors (Lipinski definition) is 3. The minimum atomic E-state index is -2.83. The van der Waals surface area contributed by atoms with Crippen LogP contribution in [-0.2, 0) is 0 Å². The summed E-state index contributed by atoms with van der Waals surface area (Å²) in [7, 11) is 1.20. The van der Waals surface area contributed by atoms with E-state index >= 15 is 0 Å². The Balaban J connectivity index is 3.38. The molecule has 82 valence electrons. The first-order valence-corrected chi connectivity index (χ1v) is 4.45. The molecule has 0 spiro atoms. The van der Waals surface area contributed by atoms with Gasteiger partial charge in [0.15, 0.2) is 0 Å². The van der Waals surface area contributed by atoms with Gasteiger partial charge in [-0.25, -0.2) is 13.8 Å². The lowest BCUT2D eigenvalue weighted by Gasteiger charge is -2.08. The maximum atomic E-state index is 12.5. The Bertz CT molecular complexity index is 398. The Morgan fingerprint density at radius 1 is 1.60 bits per heavy atom. The molecule has 0 amide bonds. The van der Waals surface area contributed by atoms with Gasteiger partial charge in [0.05, 0.1) is 7.11 Å². The largest absolute Gasteiger partial charge is 0.480 e. The second-order valence-corrected chi connectivity index (χ2v) is 3.22. The Labute approximate surface area is 94.0 Å². The fraction of sp³-hybridized carbons (Fsp3) is 0.250. The van der Waals surface area contributed by atoms with E-state index in [1.54, 1.807) is 0 Å². The average Bonchev–Trinajstić information content (AvgIpc) is 2.17. The van der Waals surface area contributed by atoms with Gasteiger partial charge in [-0.1, -0.05) is 11.6 Å². The first kappa shape index (κ1) is 12.1. The third-order valence-corrected chi connectivity index (χ3v) is 2.16. The highest BCUT2D eigenvalue weighted by molar-refractivity contribution is 6.67. The summed E-state index contributed by atoms with van der Waals surface area (Å²) in [6.07, 6.45) is -2.83. The molecule has 7 heteroatoms. The molecule has 15 heavy (non-hydrogen) atoms. The third-order valence-electron chi connectivity index (χ3n) is 1.59. The molecule has 0 aliphatic heterocycles. The summed E-state index contributed by atoms with van der Waals surface area (Å²) in [5.41, 5.74) is -0.860. The van der Waals surface area contributed by atoms with Crippen LogP contribution in [0.3, 0.4) is 0 Å². The van der Waals surface area contributed by atoms with Gasteiger partial charge in [0.25, 0.3) is 11.7 Å². The van der Waals surface area contributed by atoms with Gasteiger partial charge in [-0.05, 0) is 17.7 Å². The van der Waals surface area contributed by atoms with Gasteiger partial charge in [0.2, 0.25) is 5.88 Å². The van der Waals surface area contributed by atoms with E-state index in [0.29, 0.717) is 0 Å². The van der Waals surface area contributed by atoms with Crippen molar-refractivity contribution in [3.8, 4) is 5.88 Å². The number of methoxy groups -OCH3 is 1. The van der Waals surface area contributed by atoms with Crippen LogP contribution in [0.5, 0.6) is 5.88 Å². The van der Waals surface area contributed by atoms with Crippen LogP contribution in [0.15, 0.2) is 6.07 Å². The van der Waals surface area contributed by atoms with Gasteiger partial charge < -0.3 is 4.74 Å². The van der Waals surface area contributed by atoms with Gasteiger partial charge in [-0.3, -0.25) is 4.79 Å². The molecule has 1 aromatic heterocycles. The molecule has 0 saturated carbocycles. The van der Waals surface area contributed by atoms with E-state index in [2.05, 4.69) is 9.72 Å². The van der Waals surface area contributed by atoms with Crippen molar-refractivity contribution in [2.45, 2.75) is 6.43 Å². The van der Waals surface area contributed by atoms with E-state index in [1.807, 2.05) is 0 Å². The van der Waals surface area contributed by atoms with Crippen LogP contribution >= 0.6 is 23.2 Å². The molecule has 0 unspecified atom stereocenters. The monoisotopic (exact) mass is 255 g/mol. The predicted octanol–water partition coefficient (Wildman–Crippen LogP) is 3.06. The van der Waals surface area contributed by atoms with Gasteiger partial charge in [-0.15, -0.1) is 0 Å². The molecule has 0 aromatic carbocycles. The van der Waals surface area contributed by atoms with Gasteiger partial charge in [0, 0.05) is 5.56 Å². The summed E-state index contributed by atoms with van der Waals surface area (Å²) in [6.45, 7) is 0. The molecule has 0 saturated heterocycles. The lowest BCUT2D eigenvalue weighted by Crippen LogP contribution is -2.01. The number of aromatic nitrogens is 1. The first-order valence-electron chi connectivity index (χ1n) is 3.69. The standard InChI is InChI=1S/C8H5Cl2F2NO2/c1-15-8-5(9)3(7(11)12)2-4(13-8)6(10)14/h2,7H,1H3. The highest BCUT2D eigenvalue weighted by atomic mass is 35.5. The van der Waals surface area contributed by atoms with Crippen LogP contribution < -0.4 is 4.74 Å². The molecule has 0 aliphatic rings. The van der Waals surface area contributed by atoms with E-state index in [1.165, 1.54) is 7.11 Å². The second-order valence-electron chi connectivity index (χ2n) is 2.49. The quantitative estimate of drug-likeness (QED) is 0.780. The van der Waals surface area contributed by atoms with Crippen LogP contribution in [0.4, 0.5) is 8.78 Å². The Morgan fingerprint density at radius 3 is 2.60 bits per heavy atom. The summed E-state index contributed by atoms with van der Waals surface area (Å²) in [5.74, 6) is -0.251. The first-order chi connectivity index (χ1) is 6.97. The summed E-state index contributed by atoms with van der Waals surface area (Å²) >= 11 is 10.7. The fourth-order valence-electron chi connectivity index (χ4n) is 0.920. The van der Waals surface area contributed by atoms with Crippen molar-refractivity contribution in [1.82, 2.24) is 4.98 Å². The van der Waals surface area contributed by atoms with Crippen LogP contribution in [-0.4, -0.2) is 17.3 Å². The summed E-state index contributed by atoms with van der Waals surface area (Å²) < 4.78 is 29.6. The second kappa shape index (κ2) is 4.72. The lowest BCUT2D eigenvalue weighted by atomic mass is 10.2. The SMILES string of the molecule is COc1nc(C(=O)Cl)cc(C(F)F)c1Cl. The number of rotatable bonds is 3. The van der Waals surface area contributed by atoms with Gasteiger partial charge in [0.1, 0.15) is 10.7 Å². The van der Waals surface area contributed by atoms with Gasteiger partial charge >= 0.3 is 0 Å². The van der Waals surface area contributed by atoms with E-state index in [-0.39, 0.29) is 16.6 Å². The van der Waals surface area contributed by atoms with Crippen LogP contribution in [0.25, 0.3) is 0 Å². The minimum absolute atomic E-state index is 0.251. The Morgan fingerprint density at radius 2 is 2.20 bits per heavy atom. The van der Waals surface area contributed by atoms with Crippen molar-refractivity contribution in [2.75, 3.05) is 7.11 Å². The molecule has 3 nitrogen and oxygen atoms in total. The minimum Gasteiger partial charge on any atom is -0.480 e. The lowest BCUT2D eigenvalue weighted by molar-refractivity contribution is 0.107. The highest BCUT2D eigenvalue weighted by Crippen LogP contribution is 2.33. The number of halogens is 4. The zero-order chi connectivity index (χ0) is 11.6. The molecule has 0 atom stereocenters. The molecule has 0 aliphatic carbocycles. The molecule has 1 heterocycles. The highest BCUT2D eigenvalue weighted by Gasteiger charge is 2.20. The molecular formula is C8H5Cl2F2NO2. The number of carbonyl (C=O) groups is 1. The zero-order valence-corrected chi connectivity index (χ0v) is 8.94. The number of alkyl halides is 2.